The molecule has 2 heteroatoms. The Morgan fingerprint density at radius 1 is 0.957 bits per heavy atom. The van der Waals surface area contributed by atoms with Crippen LogP contribution in [0.25, 0.3) is 10.8 Å². The van der Waals surface area contributed by atoms with Crippen LogP contribution < -0.4 is 0 Å². The second kappa shape index (κ2) is 7.42. The molecule has 2 aromatic rings. The van der Waals surface area contributed by atoms with Crippen LogP contribution in [0, 0.1) is 17.6 Å². The predicted molar refractivity (Wildman–Crippen MR) is 92.7 cm³/mol. The van der Waals surface area contributed by atoms with Crippen LogP contribution in [0.2, 0.25) is 0 Å². The van der Waals surface area contributed by atoms with Crippen LogP contribution in [0.3, 0.4) is 0 Å². The smallest absolute Gasteiger partial charge is 0.166 e. The van der Waals surface area contributed by atoms with Crippen LogP contribution in [0.4, 0.5) is 8.78 Å². The van der Waals surface area contributed by atoms with E-state index in [0.29, 0.717) is 11.3 Å². The van der Waals surface area contributed by atoms with Gasteiger partial charge in [-0.2, -0.15) is 0 Å². The minimum Gasteiger partial charge on any atom is -0.204 e. The average molecular weight is 316 g/mol. The molecule has 0 spiro atoms. The number of unbranched alkanes of at least 4 members (excludes halogenated alkanes) is 2. The van der Waals surface area contributed by atoms with Crippen LogP contribution in [0.15, 0.2) is 30.3 Å². The van der Waals surface area contributed by atoms with E-state index in [-0.39, 0.29) is 0 Å². The molecular formula is C21H26F2. The molecule has 0 aliphatic heterocycles. The highest BCUT2D eigenvalue weighted by Gasteiger charge is 2.22. The zero-order chi connectivity index (χ0) is 16.2. The standard InChI is InChI=1S/C21H26F2/c1-2-3-4-5-15-6-8-16(9-7-15)17-10-12-19-18(14-17)11-13-20(22)21(19)23/h10-16H,2-9H2,1H3. The molecule has 0 radical (unpaired) electrons. The maximum Gasteiger partial charge on any atom is 0.166 e. The number of rotatable bonds is 5. The SMILES string of the molecule is CCCCCC1CCC(c2ccc3c(F)c(F)ccc3c2)CC1. The third kappa shape index (κ3) is 3.73. The molecule has 3 rings (SSSR count). The van der Waals surface area contributed by atoms with Crippen LogP contribution in [0.5, 0.6) is 0 Å². The van der Waals surface area contributed by atoms with Gasteiger partial charge in [0.15, 0.2) is 11.6 Å². The molecule has 0 amide bonds. The molecule has 23 heavy (non-hydrogen) atoms. The molecular weight excluding hydrogens is 290 g/mol. The second-order valence-corrected chi connectivity index (χ2v) is 7.06. The molecule has 0 atom stereocenters. The zero-order valence-corrected chi connectivity index (χ0v) is 14.0. The highest BCUT2D eigenvalue weighted by Crippen LogP contribution is 2.38. The molecule has 0 heterocycles. The van der Waals surface area contributed by atoms with Gasteiger partial charge in [0.1, 0.15) is 0 Å². The van der Waals surface area contributed by atoms with Crippen molar-refractivity contribution in [3.63, 3.8) is 0 Å². The van der Waals surface area contributed by atoms with Crippen molar-refractivity contribution >= 4 is 10.8 Å². The van der Waals surface area contributed by atoms with Gasteiger partial charge in [-0.25, -0.2) is 8.78 Å². The van der Waals surface area contributed by atoms with E-state index in [0.717, 1.165) is 11.3 Å². The molecule has 2 aromatic carbocycles. The van der Waals surface area contributed by atoms with Crippen LogP contribution in [0.1, 0.15) is 69.8 Å². The number of halogens is 2. The van der Waals surface area contributed by atoms with Gasteiger partial charge in [0.2, 0.25) is 0 Å². The second-order valence-electron chi connectivity index (χ2n) is 7.06. The lowest BCUT2D eigenvalue weighted by molar-refractivity contribution is 0.303. The van der Waals surface area contributed by atoms with Crippen molar-refractivity contribution in [1.82, 2.24) is 0 Å². The summed E-state index contributed by atoms with van der Waals surface area (Å²) in [5, 5.41) is 1.20. The number of hydrogen-bond acceptors (Lipinski definition) is 0. The van der Waals surface area contributed by atoms with Gasteiger partial charge in [-0.05, 0) is 54.5 Å². The first kappa shape index (κ1) is 16.4. The van der Waals surface area contributed by atoms with Crippen LogP contribution in [-0.2, 0) is 0 Å². The molecule has 0 saturated heterocycles. The molecule has 0 unspecified atom stereocenters. The van der Waals surface area contributed by atoms with E-state index in [4.69, 9.17) is 0 Å². The van der Waals surface area contributed by atoms with Gasteiger partial charge in [-0.1, -0.05) is 56.9 Å². The molecule has 0 nitrogen and oxygen atoms in total. The summed E-state index contributed by atoms with van der Waals surface area (Å²) in [4.78, 5) is 0. The maximum atomic E-state index is 13.8. The molecule has 1 aliphatic rings. The maximum absolute atomic E-state index is 13.8. The summed E-state index contributed by atoms with van der Waals surface area (Å²) >= 11 is 0. The first-order valence-electron chi connectivity index (χ1n) is 9.06. The quantitative estimate of drug-likeness (QED) is 0.522. The van der Waals surface area contributed by atoms with Crippen molar-refractivity contribution in [2.24, 2.45) is 5.92 Å². The Kier molecular flexibility index (Phi) is 5.30. The normalized spacial score (nSPS) is 21.7. The fourth-order valence-corrected chi connectivity index (χ4v) is 4.01. The summed E-state index contributed by atoms with van der Waals surface area (Å²) < 4.78 is 27.1. The van der Waals surface area contributed by atoms with E-state index in [1.54, 1.807) is 12.1 Å². The van der Waals surface area contributed by atoms with Gasteiger partial charge in [0, 0.05) is 5.39 Å². The highest BCUT2D eigenvalue weighted by molar-refractivity contribution is 5.84. The van der Waals surface area contributed by atoms with Gasteiger partial charge in [0.05, 0.1) is 0 Å². The first-order valence-corrected chi connectivity index (χ1v) is 9.06. The molecule has 1 saturated carbocycles. The Bertz CT molecular complexity index is 654. The number of hydrogen-bond donors (Lipinski definition) is 0. The lowest BCUT2D eigenvalue weighted by atomic mass is 9.77. The van der Waals surface area contributed by atoms with E-state index < -0.39 is 11.6 Å². The van der Waals surface area contributed by atoms with Gasteiger partial charge in [-0.3, -0.25) is 0 Å². The summed E-state index contributed by atoms with van der Waals surface area (Å²) in [6.07, 6.45) is 10.5. The lowest BCUT2D eigenvalue weighted by Crippen LogP contribution is -2.13. The molecule has 124 valence electrons. The lowest BCUT2D eigenvalue weighted by Gasteiger charge is -2.29. The Morgan fingerprint density at radius 3 is 2.48 bits per heavy atom. The van der Waals surface area contributed by atoms with E-state index in [2.05, 4.69) is 13.0 Å². The summed E-state index contributed by atoms with van der Waals surface area (Å²) in [6, 6.07) is 8.71. The van der Waals surface area contributed by atoms with Gasteiger partial charge >= 0.3 is 0 Å². The largest absolute Gasteiger partial charge is 0.204 e. The first-order chi connectivity index (χ1) is 11.2. The Hall–Kier alpha value is -1.44. The molecule has 0 N–H and O–H groups in total. The van der Waals surface area contributed by atoms with E-state index in [9.17, 15) is 8.78 Å². The Morgan fingerprint density at radius 2 is 1.74 bits per heavy atom. The Balaban J connectivity index is 1.67. The molecule has 1 aliphatic carbocycles. The molecule has 1 fully saturated rings. The van der Waals surface area contributed by atoms with Crippen LogP contribution >= 0.6 is 0 Å². The zero-order valence-electron chi connectivity index (χ0n) is 14.0. The van der Waals surface area contributed by atoms with E-state index in [1.807, 2.05) is 6.07 Å². The van der Waals surface area contributed by atoms with Gasteiger partial charge < -0.3 is 0 Å². The third-order valence-electron chi connectivity index (χ3n) is 5.47. The number of fused-ring (bicyclic) bond motifs is 1. The van der Waals surface area contributed by atoms with E-state index in [1.165, 1.54) is 63.0 Å². The summed E-state index contributed by atoms with van der Waals surface area (Å²) in [6.45, 7) is 2.26. The fraction of sp³-hybridized carbons (Fsp3) is 0.524. The topological polar surface area (TPSA) is 0 Å². The predicted octanol–water partition coefficient (Wildman–Crippen LogP) is 6.97. The minimum atomic E-state index is -0.766. The average Bonchev–Trinajstić information content (AvgIpc) is 2.59. The van der Waals surface area contributed by atoms with Crippen molar-refractivity contribution in [3.05, 3.63) is 47.5 Å². The van der Waals surface area contributed by atoms with Crippen molar-refractivity contribution in [3.8, 4) is 0 Å². The third-order valence-corrected chi connectivity index (χ3v) is 5.47. The molecule has 0 aromatic heterocycles. The summed E-state index contributed by atoms with van der Waals surface area (Å²) in [5.41, 5.74) is 1.29. The van der Waals surface area contributed by atoms with E-state index >= 15 is 0 Å². The van der Waals surface area contributed by atoms with Crippen molar-refractivity contribution in [1.29, 1.82) is 0 Å². The summed E-state index contributed by atoms with van der Waals surface area (Å²) in [7, 11) is 0. The van der Waals surface area contributed by atoms with Crippen molar-refractivity contribution in [2.45, 2.75) is 64.2 Å². The number of benzene rings is 2. The monoisotopic (exact) mass is 316 g/mol. The van der Waals surface area contributed by atoms with Gasteiger partial charge in [0.25, 0.3) is 0 Å². The van der Waals surface area contributed by atoms with Gasteiger partial charge in [-0.15, -0.1) is 0 Å². The fourth-order valence-electron chi connectivity index (χ4n) is 4.01. The minimum absolute atomic E-state index is 0.391. The molecule has 0 bridgehead atoms. The van der Waals surface area contributed by atoms with Crippen molar-refractivity contribution < 1.29 is 8.78 Å². The summed E-state index contributed by atoms with van der Waals surface area (Å²) in [5.74, 6) is -0.0220. The highest BCUT2D eigenvalue weighted by atomic mass is 19.2. The van der Waals surface area contributed by atoms with Crippen molar-refractivity contribution in [2.75, 3.05) is 0 Å². The Labute approximate surface area is 137 Å². The van der Waals surface area contributed by atoms with Crippen LogP contribution in [-0.4, -0.2) is 0 Å².